The lowest BCUT2D eigenvalue weighted by atomic mass is 10.2. The molecule has 0 heterocycles. The van der Waals surface area contributed by atoms with Gasteiger partial charge in [-0.05, 0) is 6.07 Å². The second kappa shape index (κ2) is 4.92. The van der Waals surface area contributed by atoms with Crippen molar-refractivity contribution in [1.82, 2.24) is 5.32 Å². The number of carbonyl (C=O) groups excluding carboxylic acids is 1. The van der Waals surface area contributed by atoms with Crippen LogP contribution in [0.4, 0.5) is 4.79 Å². The van der Waals surface area contributed by atoms with Crippen LogP contribution in [0.25, 0.3) is 0 Å². The van der Waals surface area contributed by atoms with Crippen LogP contribution in [0.15, 0.2) is 24.3 Å². The van der Waals surface area contributed by atoms with E-state index in [1.54, 1.807) is 24.3 Å². The summed E-state index contributed by atoms with van der Waals surface area (Å²) >= 11 is 17.1. The fourth-order valence-corrected chi connectivity index (χ4v) is 1.41. The van der Waals surface area contributed by atoms with Gasteiger partial charge in [-0.1, -0.05) is 53.0 Å². The van der Waals surface area contributed by atoms with Crippen molar-refractivity contribution in [1.29, 1.82) is 0 Å². The van der Waals surface area contributed by atoms with E-state index in [9.17, 15) is 4.79 Å². The number of hydrogen-bond acceptors (Lipinski definition) is 2. The van der Waals surface area contributed by atoms with Gasteiger partial charge in [0.2, 0.25) is 3.79 Å². The first kappa shape index (κ1) is 12.4. The van der Waals surface area contributed by atoms with E-state index in [-0.39, 0.29) is 5.75 Å². The molecular formula is C9H8Cl3NO2. The zero-order chi connectivity index (χ0) is 11.5. The summed E-state index contributed by atoms with van der Waals surface area (Å²) in [5.74, 6) is 0.219. The molecule has 1 N–H and O–H groups in total. The van der Waals surface area contributed by atoms with Crippen molar-refractivity contribution in [3.8, 4) is 5.75 Å². The number of amides is 1. The lowest BCUT2D eigenvalue weighted by Gasteiger charge is -2.15. The van der Waals surface area contributed by atoms with Crippen LogP contribution in [0, 0.1) is 0 Å². The van der Waals surface area contributed by atoms with E-state index in [2.05, 4.69) is 5.32 Å². The van der Waals surface area contributed by atoms with Crippen molar-refractivity contribution in [2.24, 2.45) is 0 Å². The minimum atomic E-state index is -1.62. The molecule has 15 heavy (non-hydrogen) atoms. The van der Waals surface area contributed by atoms with E-state index in [0.717, 1.165) is 0 Å². The van der Waals surface area contributed by atoms with E-state index < -0.39 is 9.89 Å². The molecule has 3 nitrogen and oxygen atoms in total. The highest BCUT2D eigenvalue weighted by Gasteiger charge is 2.27. The predicted octanol–water partition coefficient (Wildman–Crippen LogP) is 3.23. The molecule has 0 spiro atoms. The summed E-state index contributed by atoms with van der Waals surface area (Å²) in [4.78, 5) is 11.0. The van der Waals surface area contributed by atoms with E-state index in [1.807, 2.05) is 0 Å². The van der Waals surface area contributed by atoms with Gasteiger partial charge >= 0.3 is 6.09 Å². The SMILES string of the molecule is CNC(=O)Oc1ccccc1C(Cl)(Cl)Cl. The third-order valence-electron chi connectivity index (χ3n) is 1.60. The third-order valence-corrected chi connectivity index (χ3v) is 2.21. The molecule has 0 radical (unpaired) electrons. The highest BCUT2D eigenvalue weighted by molar-refractivity contribution is 6.66. The highest BCUT2D eigenvalue weighted by atomic mass is 35.6. The van der Waals surface area contributed by atoms with Crippen molar-refractivity contribution in [3.63, 3.8) is 0 Å². The number of halogens is 3. The molecule has 1 rings (SSSR count). The number of nitrogens with one attached hydrogen (secondary N) is 1. The third kappa shape index (κ3) is 3.45. The van der Waals surface area contributed by atoms with Crippen molar-refractivity contribution >= 4 is 40.9 Å². The van der Waals surface area contributed by atoms with Gasteiger partial charge in [0, 0.05) is 12.6 Å². The molecule has 0 aromatic heterocycles. The molecule has 0 bridgehead atoms. The fraction of sp³-hybridized carbons (Fsp3) is 0.222. The summed E-state index contributed by atoms with van der Waals surface area (Å²) in [7, 11) is 1.44. The number of rotatable bonds is 1. The summed E-state index contributed by atoms with van der Waals surface area (Å²) in [6, 6.07) is 6.49. The van der Waals surface area contributed by atoms with Crippen LogP contribution in [-0.2, 0) is 3.79 Å². The van der Waals surface area contributed by atoms with E-state index in [1.165, 1.54) is 7.05 Å². The zero-order valence-electron chi connectivity index (χ0n) is 7.76. The first-order chi connectivity index (χ1) is 6.95. The summed E-state index contributed by atoms with van der Waals surface area (Å²) in [5, 5.41) is 2.30. The smallest absolute Gasteiger partial charge is 0.410 e. The van der Waals surface area contributed by atoms with Crippen LogP contribution in [0.5, 0.6) is 5.75 Å². The standard InChI is InChI=1S/C9H8Cl3NO2/c1-13-8(14)15-7-5-3-2-4-6(7)9(10,11)12/h2-5H,1H3,(H,13,14). The molecule has 6 heteroatoms. The van der Waals surface area contributed by atoms with Gasteiger partial charge in [-0.15, -0.1) is 0 Å². The van der Waals surface area contributed by atoms with Crippen LogP contribution in [-0.4, -0.2) is 13.1 Å². The molecule has 0 aliphatic heterocycles. The quantitative estimate of drug-likeness (QED) is 0.794. The number of benzene rings is 1. The minimum Gasteiger partial charge on any atom is -0.410 e. The first-order valence-corrected chi connectivity index (χ1v) is 5.14. The van der Waals surface area contributed by atoms with Gasteiger partial charge in [0.1, 0.15) is 5.75 Å². The fourth-order valence-electron chi connectivity index (χ4n) is 0.941. The summed E-state index contributed by atoms with van der Waals surface area (Å²) in [5.41, 5.74) is 0.318. The normalized spacial score (nSPS) is 10.9. The molecule has 1 aromatic carbocycles. The predicted molar refractivity (Wildman–Crippen MR) is 60.8 cm³/mol. The Hall–Kier alpha value is -0.640. The van der Waals surface area contributed by atoms with Gasteiger partial charge in [-0.25, -0.2) is 4.79 Å². The van der Waals surface area contributed by atoms with Crippen LogP contribution >= 0.6 is 34.8 Å². The molecule has 0 aliphatic carbocycles. The number of ether oxygens (including phenoxy) is 1. The lowest BCUT2D eigenvalue weighted by molar-refractivity contribution is 0.202. The van der Waals surface area contributed by atoms with Gasteiger partial charge < -0.3 is 10.1 Å². The van der Waals surface area contributed by atoms with Crippen molar-refractivity contribution in [2.45, 2.75) is 3.79 Å². The Morgan fingerprint density at radius 3 is 2.47 bits per heavy atom. The van der Waals surface area contributed by atoms with Gasteiger partial charge in [-0.2, -0.15) is 0 Å². The van der Waals surface area contributed by atoms with Crippen LogP contribution < -0.4 is 10.1 Å². The van der Waals surface area contributed by atoms with E-state index >= 15 is 0 Å². The minimum absolute atomic E-state index is 0.219. The summed E-state index contributed by atoms with van der Waals surface area (Å²) in [6.07, 6.45) is -0.614. The first-order valence-electron chi connectivity index (χ1n) is 4.01. The second-order valence-corrected chi connectivity index (χ2v) is 4.91. The Morgan fingerprint density at radius 2 is 1.93 bits per heavy atom. The molecule has 0 saturated heterocycles. The number of alkyl halides is 3. The average molecular weight is 269 g/mol. The Balaban J connectivity index is 3.02. The van der Waals surface area contributed by atoms with E-state index in [4.69, 9.17) is 39.5 Å². The van der Waals surface area contributed by atoms with Crippen molar-refractivity contribution in [3.05, 3.63) is 29.8 Å². The Bertz CT molecular complexity index is 363. The molecule has 0 atom stereocenters. The largest absolute Gasteiger partial charge is 0.412 e. The van der Waals surface area contributed by atoms with Crippen LogP contribution in [0.3, 0.4) is 0 Å². The topological polar surface area (TPSA) is 38.3 Å². The van der Waals surface area contributed by atoms with Gasteiger partial charge in [0.15, 0.2) is 0 Å². The lowest BCUT2D eigenvalue weighted by Crippen LogP contribution is -2.23. The average Bonchev–Trinajstić information content (AvgIpc) is 2.17. The van der Waals surface area contributed by atoms with Crippen LogP contribution in [0.1, 0.15) is 5.56 Å². The highest BCUT2D eigenvalue weighted by Crippen LogP contribution is 2.42. The second-order valence-electron chi connectivity index (χ2n) is 2.63. The Morgan fingerprint density at radius 1 is 1.33 bits per heavy atom. The molecule has 82 valence electrons. The van der Waals surface area contributed by atoms with Crippen molar-refractivity contribution in [2.75, 3.05) is 7.05 Å². The maximum atomic E-state index is 11.0. The van der Waals surface area contributed by atoms with Crippen molar-refractivity contribution < 1.29 is 9.53 Å². The van der Waals surface area contributed by atoms with Gasteiger partial charge in [0.25, 0.3) is 0 Å². The summed E-state index contributed by atoms with van der Waals surface area (Å²) in [6.45, 7) is 0. The van der Waals surface area contributed by atoms with E-state index in [0.29, 0.717) is 5.56 Å². The number of carbonyl (C=O) groups is 1. The Labute approximate surface area is 102 Å². The van der Waals surface area contributed by atoms with Gasteiger partial charge in [-0.3, -0.25) is 0 Å². The molecule has 0 fully saturated rings. The molecule has 0 aliphatic rings. The van der Waals surface area contributed by atoms with Crippen LogP contribution in [0.2, 0.25) is 0 Å². The molecule has 0 saturated carbocycles. The molecule has 1 aromatic rings. The number of para-hydroxylation sites is 1. The monoisotopic (exact) mass is 267 g/mol. The zero-order valence-corrected chi connectivity index (χ0v) is 10.0. The molecule has 0 unspecified atom stereocenters. The maximum absolute atomic E-state index is 11.0. The summed E-state index contributed by atoms with van der Waals surface area (Å²) < 4.78 is 3.30. The molecule has 1 amide bonds. The maximum Gasteiger partial charge on any atom is 0.412 e. The Kier molecular flexibility index (Phi) is 4.08. The molecular weight excluding hydrogens is 260 g/mol. The number of hydrogen-bond donors (Lipinski definition) is 1. The van der Waals surface area contributed by atoms with Gasteiger partial charge in [0.05, 0.1) is 0 Å².